The number of hydrogen-bond acceptors (Lipinski definition) is 3. The van der Waals surface area contributed by atoms with Gasteiger partial charge in [0, 0.05) is 25.5 Å². The van der Waals surface area contributed by atoms with E-state index in [0.29, 0.717) is 0 Å². The van der Waals surface area contributed by atoms with Crippen LogP contribution in [0.3, 0.4) is 0 Å². The number of nitrogens with zero attached hydrogens (tertiary/aromatic N) is 2. The molecule has 1 aromatic carbocycles. The third-order valence-corrected chi connectivity index (χ3v) is 3.14. The second kappa shape index (κ2) is 6.90. The maximum absolute atomic E-state index is 5.26. The van der Waals surface area contributed by atoms with Gasteiger partial charge in [0.1, 0.15) is 5.75 Å². The first kappa shape index (κ1) is 13.6. The highest BCUT2D eigenvalue weighted by atomic mass is 16.5. The zero-order valence-corrected chi connectivity index (χ0v) is 11.5. The van der Waals surface area contributed by atoms with Crippen molar-refractivity contribution in [3.05, 3.63) is 59.9 Å². The monoisotopic (exact) mass is 256 g/mol. The first-order chi connectivity index (χ1) is 9.31. The van der Waals surface area contributed by atoms with Crippen LogP contribution in [0.25, 0.3) is 0 Å². The molecule has 0 aliphatic heterocycles. The molecule has 100 valence electrons. The van der Waals surface area contributed by atoms with Gasteiger partial charge in [-0.3, -0.25) is 9.88 Å². The molecule has 0 saturated carbocycles. The molecule has 2 aromatic rings. The van der Waals surface area contributed by atoms with Crippen LogP contribution in [0.2, 0.25) is 0 Å². The predicted molar refractivity (Wildman–Crippen MR) is 77.0 cm³/mol. The number of aromatic nitrogens is 1. The van der Waals surface area contributed by atoms with Crippen molar-refractivity contribution in [2.75, 3.05) is 13.7 Å². The van der Waals surface area contributed by atoms with E-state index in [1.165, 1.54) is 11.1 Å². The van der Waals surface area contributed by atoms with E-state index in [4.69, 9.17) is 4.74 Å². The smallest absolute Gasteiger partial charge is 0.119 e. The number of hydrogen-bond donors (Lipinski definition) is 0. The molecule has 19 heavy (non-hydrogen) atoms. The topological polar surface area (TPSA) is 25.4 Å². The molecule has 0 aliphatic carbocycles. The van der Waals surface area contributed by atoms with E-state index in [0.717, 1.165) is 25.4 Å². The van der Waals surface area contributed by atoms with Gasteiger partial charge >= 0.3 is 0 Å². The third kappa shape index (κ3) is 4.07. The molecule has 0 unspecified atom stereocenters. The van der Waals surface area contributed by atoms with Crippen molar-refractivity contribution in [3.63, 3.8) is 0 Å². The van der Waals surface area contributed by atoms with E-state index < -0.39 is 0 Å². The fourth-order valence-electron chi connectivity index (χ4n) is 2.05. The fourth-order valence-corrected chi connectivity index (χ4v) is 2.05. The van der Waals surface area contributed by atoms with Gasteiger partial charge in [0.05, 0.1) is 7.11 Å². The van der Waals surface area contributed by atoms with Crippen LogP contribution in [0.4, 0.5) is 0 Å². The molecule has 3 heteroatoms. The first-order valence-corrected chi connectivity index (χ1v) is 6.56. The number of pyridine rings is 1. The average Bonchev–Trinajstić information content (AvgIpc) is 2.48. The number of ether oxygens (including phenoxy) is 1. The van der Waals surface area contributed by atoms with Gasteiger partial charge in [0.2, 0.25) is 0 Å². The lowest BCUT2D eigenvalue weighted by Crippen LogP contribution is -2.22. The largest absolute Gasteiger partial charge is 0.497 e. The summed E-state index contributed by atoms with van der Waals surface area (Å²) in [4.78, 5) is 6.44. The summed E-state index contributed by atoms with van der Waals surface area (Å²) in [5.41, 5.74) is 2.56. The van der Waals surface area contributed by atoms with E-state index in [-0.39, 0.29) is 0 Å². The summed E-state index contributed by atoms with van der Waals surface area (Å²) in [5.74, 6) is 0.914. The molecule has 1 heterocycles. The highest BCUT2D eigenvalue weighted by molar-refractivity contribution is 5.28. The lowest BCUT2D eigenvalue weighted by atomic mass is 10.2. The Labute approximate surface area is 114 Å². The van der Waals surface area contributed by atoms with Crippen LogP contribution >= 0.6 is 0 Å². The van der Waals surface area contributed by atoms with Gasteiger partial charge in [0.15, 0.2) is 0 Å². The van der Waals surface area contributed by atoms with E-state index in [1.54, 1.807) is 7.11 Å². The molecule has 3 nitrogen and oxygen atoms in total. The molecule has 0 N–H and O–H groups in total. The van der Waals surface area contributed by atoms with Crippen molar-refractivity contribution in [2.24, 2.45) is 0 Å². The zero-order valence-electron chi connectivity index (χ0n) is 11.5. The van der Waals surface area contributed by atoms with Gasteiger partial charge < -0.3 is 4.74 Å². The molecular weight excluding hydrogens is 236 g/mol. The molecule has 0 radical (unpaired) electrons. The third-order valence-electron chi connectivity index (χ3n) is 3.14. The second-order valence-corrected chi connectivity index (χ2v) is 4.51. The van der Waals surface area contributed by atoms with Gasteiger partial charge in [-0.05, 0) is 41.9 Å². The van der Waals surface area contributed by atoms with Crippen LogP contribution in [0, 0.1) is 0 Å². The summed E-state index contributed by atoms with van der Waals surface area (Å²) in [7, 11) is 1.70. The maximum atomic E-state index is 5.26. The van der Waals surface area contributed by atoms with Crippen molar-refractivity contribution in [2.45, 2.75) is 20.0 Å². The summed E-state index contributed by atoms with van der Waals surface area (Å²) in [6.45, 7) is 5.06. The van der Waals surface area contributed by atoms with Crippen molar-refractivity contribution >= 4 is 0 Å². The van der Waals surface area contributed by atoms with Crippen LogP contribution in [0.15, 0.2) is 48.8 Å². The summed E-state index contributed by atoms with van der Waals surface area (Å²) in [5, 5.41) is 0. The van der Waals surface area contributed by atoms with Crippen LogP contribution in [-0.2, 0) is 13.1 Å². The Bertz CT molecular complexity index is 499. The van der Waals surface area contributed by atoms with E-state index in [2.05, 4.69) is 41.1 Å². The summed E-state index contributed by atoms with van der Waals surface area (Å²) >= 11 is 0. The van der Waals surface area contributed by atoms with Gasteiger partial charge in [-0.2, -0.15) is 0 Å². The van der Waals surface area contributed by atoms with Crippen molar-refractivity contribution in [1.82, 2.24) is 9.88 Å². The molecule has 0 bridgehead atoms. The molecule has 0 fully saturated rings. The average molecular weight is 256 g/mol. The standard InChI is InChI=1S/C16H20N2O/c1-3-18(12-14-7-9-17-10-8-14)13-15-5-4-6-16(11-15)19-2/h4-11H,3,12-13H2,1-2H3. The Hall–Kier alpha value is -1.87. The minimum Gasteiger partial charge on any atom is -0.497 e. The van der Waals surface area contributed by atoms with Crippen LogP contribution in [0.5, 0.6) is 5.75 Å². The zero-order chi connectivity index (χ0) is 13.5. The molecule has 0 amide bonds. The molecule has 0 saturated heterocycles. The minimum atomic E-state index is 0.914. The van der Waals surface area contributed by atoms with Gasteiger partial charge in [-0.25, -0.2) is 0 Å². The summed E-state index contributed by atoms with van der Waals surface area (Å²) in [6, 6.07) is 12.4. The number of methoxy groups -OCH3 is 1. The Kier molecular flexibility index (Phi) is 4.93. The van der Waals surface area contributed by atoms with Crippen molar-refractivity contribution < 1.29 is 4.74 Å². The number of rotatable bonds is 6. The Morgan fingerprint density at radius 3 is 2.47 bits per heavy atom. The number of benzene rings is 1. The van der Waals surface area contributed by atoms with Gasteiger partial charge in [0.25, 0.3) is 0 Å². The van der Waals surface area contributed by atoms with Crippen LogP contribution in [-0.4, -0.2) is 23.5 Å². The normalized spacial score (nSPS) is 10.7. The van der Waals surface area contributed by atoms with Gasteiger partial charge in [-0.15, -0.1) is 0 Å². The Morgan fingerprint density at radius 1 is 1.05 bits per heavy atom. The van der Waals surface area contributed by atoms with E-state index in [9.17, 15) is 0 Å². The summed E-state index contributed by atoms with van der Waals surface area (Å²) < 4.78 is 5.26. The van der Waals surface area contributed by atoms with Crippen molar-refractivity contribution in [1.29, 1.82) is 0 Å². The quantitative estimate of drug-likeness (QED) is 0.794. The SMILES string of the molecule is CCN(Cc1ccncc1)Cc1cccc(OC)c1. The minimum absolute atomic E-state index is 0.914. The highest BCUT2D eigenvalue weighted by Crippen LogP contribution is 2.15. The Balaban J connectivity index is 2.02. The predicted octanol–water partition coefficient (Wildman–Crippen LogP) is 3.11. The lowest BCUT2D eigenvalue weighted by molar-refractivity contribution is 0.271. The molecule has 0 aliphatic rings. The van der Waals surface area contributed by atoms with Crippen molar-refractivity contribution in [3.8, 4) is 5.75 Å². The van der Waals surface area contributed by atoms with E-state index >= 15 is 0 Å². The molecule has 0 atom stereocenters. The fraction of sp³-hybridized carbons (Fsp3) is 0.312. The molecule has 1 aromatic heterocycles. The first-order valence-electron chi connectivity index (χ1n) is 6.56. The van der Waals surface area contributed by atoms with Crippen LogP contribution in [0.1, 0.15) is 18.1 Å². The molecular formula is C16H20N2O. The van der Waals surface area contributed by atoms with Gasteiger partial charge in [-0.1, -0.05) is 19.1 Å². The highest BCUT2D eigenvalue weighted by Gasteiger charge is 2.05. The Morgan fingerprint density at radius 2 is 1.79 bits per heavy atom. The molecule has 0 spiro atoms. The second-order valence-electron chi connectivity index (χ2n) is 4.51. The lowest BCUT2D eigenvalue weighted by Gasteiger charge is -2.20. The maximum Gasteiger partial charge on any atom is 0.119 e. The van der Waals surface area contributed by atoms with E-state index in [1.807, 2.05) is 24.5 Å². The van der Waals surface area contributed by atoms with Crippen LogP contribution < -0.4 is 4.74 Å². The summed E-state index contributed by atoms with van der Waals surface area (Å²) in [6.07, 6.45) is 3.68. The molecule has 2 rings (SSSR count).